The fourth-order valence-electron chi connectivity index (χ4n) is 1.07. The molecule has 0 nitrogen and oxygen atoms in total. The predicted molar refractivity (Wildman–Crippen MR) is 110 cm³/mol. The molecule has 0 aliphatic rings. The molecule has 0 aromatic carbocycles. The molecule has 0 heterocycles. The second-order valence-electron chi connectivity index (χ2n) is 2.51. The van der Waals surface area contributed by atoms with Crippen molar-refractivity contribution in [3.63, 3.8) is 0 Å². The molecule has 0 N–H and O–H groups in total. The van der Waals surface area contributed by atoms with Gasteiger partial charge in [-0.1, -0.05) is 6.92 Å². The molecule has 0 aliphatic carbocycles. The summed E-state index contributed by atoms with van der Waals surface area (Å²) in [7, 11) is 0. The summed E-state index contributed by atoms with van der Waals surface area (Å²) in [5.74, 6) is 1.11. The van der Waals surface area contributed by atoms with E-state index in [0.29, 0.717) is 4.58 Å². The lowest BCUT2D eigenvalue weighted by Gasteiger charge is -2.37. The van der Waals surface area contributed by atoms with Crippen LogP contribution in [-0.2, 0) is 0 Å². The highest BCUT2D eigenvalue weighted by atomic mass is 32.3. The van der Waals surface area contributed by atoms with Gasteiger partial charge in [-0.05, 0) is 5.75 Å². The Balaban J connectivity index is 4.87. The summed E-state index contributed by atoms with van der Waals surface area (Å²) in [4.78, 5) is 0. The third kappa shape index (κ3) is 7.64. The van der Waals surface area contributed by atoms with E-state index in [1.165, 1.54) is 0 Å². The number of thioether (sulfide) groups is 5. The van der Waals surface area contributed by atoms with Crippen LogP contribution in [0.25, 0.3) is 0 Å². The van der Waals surface area contributed by atoms with Gasteiger partial charge in [0.25, 0.3) is 0 Å². The maximum absolute atomic E-state index is 4.38. The predicted octanol–water partition coefficient (Wildman–Crippen LogP) is 5.20. The van der Waals surface area contributed by atoms with Crippen LogP contribution in [0.2, 0.25) is 0 Å². The molecule has 0 amide bonds. The standard InChI is InChI=1S/C8H18S9/c1-2-13-7(14-3-9)8(15-4-10,16-5-11)17-6-12/h7,9-12H,2-6H2,1H3. The molecule has 0 aromatic rings. The average Bonchev–Trinajstić information content (AvgIpc) is 2.29. The molecule has 0 aromatic heterocycles. The molecular formula is C8H18S9. The third-order valence-electron chi connectivity index (χ3n) is 1.63. The molecule has 0 saturated carbocycles. The Kier molecular flexibility index (Phi) is 15.2. The van der Waals surface area contributed by atoms with Crippen molar-refractivity contribution in [2.45, 2.75) is 14.9 Å². The first-order valence-corrected chi connectivity index (χ1v) is 12.4. The van der Waals surface area contributed by atoms with Crippen molar-refractivity contribution in [1.82, 2.24) is 0 Å². The fraction of sp³-hybridized carbons (Fsp3) is 1.00. The van der Waals surface area contributed by atoms with Gasteiger partial charge in [0.15, 0.2) is 0 Å². The molecule has 0 fully saturated rings. The van der Waals surface area contributed by atoms with Gasteiger partial charge in [-0.3, -0.25) is 0 Å². The van der Waals surface area contributed by atoms with Crippen LogP contribution in [0.4, 0.5) is 0 Å². The van der Waals surface area contributed by atoms with Crippen molar-refractivity contribution in [2.24, 2.45) is 0 Å². The molecule has 1 atom stereocenters. The molecule has 104 valence electrons. The molecular weight excluding hydrogens is 385 g/mol. The monoisotopic (exact) mass is 402 g/mol. The van der Waals surface area contributed by atoms with Gasteiger partial charge in [-0.2, -0.15) is 50.5 Å². The first kappa shape index (κ1) is 20.1. The van der Waals surface area contributed by atoms with Crippen LogP contribution in [0.3, 0.4) is 0 Å². The highest BCUT2D eigenvalue weighted by Gasteiger charge is 2.40. The first-order valence-electron chi connectivity index (χ1n) is 4.79. The van der Waals surface area contributed by atoms with E-state index in [-0.39, 0.29) is 3.41 Å². The maximum Gasteiger partial charge on any atom is 0.130 e. The molecule has 0 spiro atoms. The van der Waals surface area contributed by atoms with Crippen molar-refractivity contribution >= 4 is 109 Å². The van der Waals surface area contributed by atoms with Crippen LogP contribution < -0.4 is 0 Å². The third-order valence-corrected chi connectivity index (χ3v) is 11.2. The lowest BCUT2D eigenvalue weighted by Crippen LogP contribution is -2.29. The van der Waals surface area contributed by atoms with Crippen molar-refractivity contribution in [3.05, 3.63) is 0 Å². The van der Waals surface area contributed by atoms with E-state index in [1.54, 1.807) is 0 Å². The van der Waals surface area contributed by atoms with Gasteiger partial charge >= 0.3 is 0 Å². The topological polar surface area (TPSA) is 0 Å². The van der Waals surface area contributed by atoms with E-state index >= 15 is 0 Å². The van der Waals surface area contributed by atoms with Crippen molar-refractivity contribution in [2.75, 3.05) is 26.1 Å². The van der Waals surface area contributed by atoms with Gasteiger partial charge in [0, 0.05) is 20.3 Å². The summed E-state index contributed by atoms with van der Waals surface area (Å²) >= 11 is 27.0. The van der Waals surface area contributed by atoms with Crippen molar-refractivity contribution in [3.8, 4) is 0 Å². The van der Waals surface area contributed by atoms with Crippen molar-refractivity contribution < 1.29 is 0 Å². The molecule has 1 unspecified atom stereocenters. The molecule has 9 heteroatoms. The Hall–Kier alpha value is 3.15. The van der Waals surface area contributed by atoms with Crippen LogP contribution >= 0.6 is 109 Å². The highest BCUT2D eigenvalue weighted by Crippen LogP contribution is 2.57. The zero-order valence-corrected chi connectivity index (χ0v) is 17.1. The fourth-order valence-corrected chi connectivity index (χ4v) is 12.5. The quantitative estimate of drug-likeness (QED) is 0.276. The number of thiol groups is 4. The van der Waals surface area contributed by atoms with E-state index in [4.69, 9.17) is 0 Å². The Morgan fingerprint density at radius 3 is 1.59 bits per heavy atom. The highest BCUT2D eigenvalue weighted by molar-refractivity contribution is 8.40. The molecule has 17 heavy (non-hydrogen) atoms. The SMILES string of the molecule is CCSC(SCS)C(SCS)(SCS)SCS. The molecule has 0 saturated heterocycles. The van der Waals surface area contributed by atoms with E-state index in [9.17, 15) is 0 Å². The van der Waals surface area contributed by atoms with Gasteiger partial charge in [0.1, 0.15) is 3.41 Å². The molecule has 0 radical (unpaired) electrons. The molecule has 0 rings (SSSR count). The second kappa shape index (κ2) is 12.9. The zero-order valence-electron chi connectivity index (χ0n) is 9.44. The summed E-state index contributed by atoms with van der Waals surface area (Å²) in [5.41, 5.74) is 0. The number of hydrogen-bond acceptors (Lipinski definition) is 9. The zero-order chi connectivity index (χ0) is 13.1. The van der Waals surface area contributed by atoms with E-state index in [1.807, 2.05) is 58.8 Å². The van der Waals surface area contributed by atoms with Gasteiger partial charge < -0.3 is 0 Å². The summed E-state index contributed by atoms with van der Waals surface area (Å²) in [6.07, 6.45) is 0. The number of hydrogen-bond donors (Lipinski definition) is 4. The van der Waals surface area contributed by atoms with Gasteiger partial charge in [0.2, 0.25) is 0 Å². The van der Waals surface area contributed by atoms with Crippen LogP contribution in [0.1, 0.15) is 6.92 Å². The average molecular weight is 403 g/mol. The lowest BCUT2D eigenvalue weighted by molar-refractivity contribution is 1.27. The normalized spacial score (nSPS) is 13.9. The van der Waals surface area contributed by atoms with E-state index < -0.39 is 0 Å². The van der Waals surface area contributed by atoms with Crippen LogP contribution in [0, 0.1) is 0 Å². The second-order valence-corrected chi connectivity index (χ2v) is 12.7. The molecule has 0 aliphatic heterocycles. The summed E-state index contributed by atoms with van der Waals surface area (Å²) in [6.45, 7) is 2.20. The van der Waals surface area contributed by atoms with Crippen LogP contribution in [0.5, 0.6) is 0 Å². The Morgan fingerprint density at radius 2 is 1.29 bits per heavy atom. The smallest absolute Gasteiger partial charge is 0.130 e. The van der Waals surface area contributed by atoms with Gasteiger partial charge in [-0.25, -0.2) is 0 Å². The number of rotatable bonds is 11. The summed E-state index contributed by atoms with van der Waals surface area (Å²) in [5, 5.41) is 3.28. The van der Waals surface area contributed by atoms with Crippen LogP contribution in [-0.4, -0.2) is 34.1 Å². The van der Waals surface area contributed by atoms with Crippen LogP contribution in [0.15, 0.2) is 0 Å². The van der Waals surface area contributed by atoms with Crippen molar-refractivity contribution in [1.29, 1.82) is 0 Å². The summed E-state index contributed by atoms with van der Waals surface area (Å²) in [6, 6.07) is 0. The summed E-state index contributed by atoms with van der Waals surface area (Å²) < 4.78 is 0.552. The van der Waals surface area contributed by atoms with Gasteiger partial charge in [0.05, 0.1) is 4.58 Å². The largest absolute Gasteiger partial charge is 0.168 e. The van der Waals surface area contributed by atoms with Gasteiger partial charge in [-0.15, -0.1) is 58.8 Å². The maximum atomic E-state index is 4.38. The first-order chi connectivity index (χ1) is 8.20. The Bertz CT molecular complexity index is 153. The minimum atomic E-state index is 0.0688. The Labute approximate surface area is 149 Å². The van der Waals surface area contributed by atoms with E-state index in [2.05, 4.69) is 57.4 Å². The lowest BCUT2D eigenvalue weighted by atomic mass is 10.9. The Morgan fingerprint density at radius 1 is 0.824 bits per heavy atom. The molecule has 0 bridgehead atoms. The minimum absolute atomic E-state index is 0.0688. The minimum Gasteiger partial charge on any atom is -0.168 e. The van der Waals surface area contributed by atoms with E-state index in [0.717, 1.165) is 26.1 Å².